The summed E-state index contributed by atoms with van der Waals surface area (Å²) in [7, 11) is 2.09. The van der Waals surface area contributed by atoms with Gasteiger partial charge >= 0.3 is 0 Å². The molecule has 22 heavy (non-hydrogen) atoms. The van der Waals surface area contributed by atoms with Gasteiger partial charge in [-0.25, -0.2) is 9.37 Å². The lowest BCUT2D eigenvalue weighted by Gasteiger charge is -2.43. The van der Waals surface area contributed by atoms with E-state index in [1.165, 1.54) is 12.3 Å². The Morgan fingerprint density at radius 1 is 1.55 bits per heavy atom. The van der Waals surface area contributed by atoms with Crippen molar-refractivity contribution in [2.45, 2.75) is 26.3 Å². The molecule has 1 N–H and O–H groups in total. The van der Waals surface area contributed by atoms with Crippen molar-refractivity contribution in [3.8, 4) is 6.07 Å². The number of anilines is 1. The largest absolute Gasteiger partial charge is 0.444 e. The molecule has 0 bridgehead atoms. The first kappa shape index (κ1) is 14.8. The highest BCUT2D eigenvalue weighted by molar-refractivity contribution is 5.81. The normalized spacial score (nSPS) is 21.7. The van der Waals surface area contributed by atoms with Crippen LogP contribution in [0.1, 0.15) is 26.0 Å². The van der Waals surface area contributed by atoms with Gasteiger partial charge in [0.1, 0.15) is 6.07 Å². The summed E-state index contributed by atoms with van der Waals surface area (Å²) in [4.78, 5) is 6.41. The minimum Gasteiger partial charge on any atom is -0.444 e. The second kappa shape index (κ2) is 5.25. The lowest BCUT2D eigenvalue weighted by atomic mass is 9.79. The molecule has 3 rings (SSSR count). The van der Waals surface area contributed by atoms with Crippen LogP contribution in [0, 0.1) is 22.6 Å². The molecule has 1 atom stereocenters. The minimum absolute atomic E-state index is 0.0181. The lowest BCUT2D eigenvalue weighted by molar-refractivity contribution is 0.126. The molecular weight excluding hydrogens is 283 g/mol. The summed E-state index contributed by atoms with van der Waals surface area (Å²) in [6, 6.07) is 3.43. The van der Waals surface area contributed by atoms with Crippen LogP contribution in [0.3, 0.4) is 0 Å². The van der Waals surface area contributed by atoms with Gasteiger partial charge < -0.3 is 14.6 Å². The first-order valence-corrected chi connectivity index (χ1v) is 7.34. The Morgan fingerprint density at radius 2 is 2.32 bits per heavy atom. The van der Waals surface area contributed by atoms with E-state index in [-0.39, 0.29) is 23.0 Å². The number of nitriles is 1. The number of fused-ring (bicyclic) bond motifs is 1. The Morgan fingerprint density at radius 3 is 3.00 bits per heavy atom. The standard InChI is InChI=1S/C16H19FN4O/c1-16(2)9-21(3)5-4-13(16)20-15-14(17)11-6-10(7-18)22-12(11)8-19-15/h6,8,13H,4-5,9H2,1-3H3,(H,19,20). The summed E-state index contributed by atoms with van der Waals surface area (Å²) >= 11 is 0. The Hall–Kier alpha value is -2.13. The van der Waals surface area contributed by atoms with Crippen molar-refractivity contribution in [3.63, 3.8) is 0 Å². The number of likely N-dealkylation sites (tertiary alicyclic amines) is 1. The van der Waals surface area contributed by atoms with E-state index < -0.39 is 5.82 Å². The van der Waals surface area contributed by atoms with Gasteiger partial charge in [0.25, 0.3) is 0 Å². The quantitative estimate of drug-likeness (QED) is 0.924. The fourth-order valence-corrected chi connectivity index (χ4v) is 3.19. The molecule has 1 fully saturated rings. The first-order chi connectivity index (χ1) is 10.4. The molecule has 0 aromatic carbocycles. The van der Waals surface area contributed by atoms with Crippen molar-refractivity contribution in [3.05, 3.63) is 23.8 Å². The van der Waals surface area contributed by atoms with E-state index in [0.717, 1.165) is 19.5 Å². The highest BCUT2D eigenvalue weighted by Gasteiger charge is 2.35. The van der Waals surface area contributed by atoms with Crippen molar-refractivity contribution < 1.29 is 8.81 Å². The van der Waals surface area contributed by atoms with Crippen molar-refractivity contribution in [2.24, 2.45) is 5.41 Å². The average Bonchev–Trinajstić information content (AvgIpc) is 2.88. The number of aromatic nitrogens is 1. The first-order valence-electron chi connectivity index (χ1n) is 7.34. The predicted octanol–water partition coefficient (Wildman–Crippen LogP) is 2.98. The van der Waals surface area contributed by atoms with Crippen molar-refractivity contribution in [1.29, 1.82) is 5.26 Å². The molecule has 0 spiro atoms. The topological polar surface area (TPSA) is 65.1 Å². The molecule has 0 radical (unpaired) electrons. The van der Waals surface area contributed by atoms with Crippen LogP contribution in [0.15, 0.2) is 16.7 Å². The van der Waals surface area contributed by atoms with Crippen LogP contribution in [-0.4, -0.2) is 36.1 Å². The number of piperidine rings is 1. The Bertz CT molecular complexity index is 746. The van der Waals surface area contributed by atoms with Gasteiger partial charge in [-0.3, -0.25) is 0 Å². The van der Waals surface area contributed by atoms with E-state index in [9.17, 15) is 4.39 Å². The SMILES string of the molecule is CN1CCC(Nc2ncc3oc(C#N)cc3c2F)C(C)(C)C1. The smallest absolute Gasteiger partial charge is 0.204 e. The molecule has 2 aromatic heterocycles. The molecule has 5 nitrogen and oxygen atoms in total. The number of furan rings is 1. The van der Waals surface area contributed by atoms with Gasteiger partial charge in [-0.1, -0.05) is 13.8 Å². The number of hydrogen-bond acceptors (Lipinski definition) is 5. The van der Waals surface area contributed by atoms with Crippen LogP contribution < -0.4 is 5.32 Å². The van der Waals surface area contributed by atoms with E-state index in [0.29, 0.717) is 11.0 Å². The van der Waals surface area contributed by atoms with E-state index in [2.05, 4.69) is 36.1 Å². The number of nitrogens with one attached hydrogen (secondary N) is 1. The molecule has 1 saturated heterocycles. The third kappa shape index (κ3) is 2.53. The van der Waals surface area contributed by atoms with Gasteiger partial charge in [0.2, 0.25) is 5.76 Å². The lowest BCUT2D eigenvalue weighted by Crippen LogP contribution is -2.50. The van der Waals surface area contributed by atoms with Crippen LogP contribution in [0.4, 0.5) is 10.2 Å². The van der Waals surface area contributed by atoms with Crippen LogP contribution in [0.2, 0.25) is 0 Å². The number of hydrogen-bond donors (Lipinski definition) is 1. The second-order valence-corrected chi connectivity index (χ2v) is 6.63. The van der Waals surface area contributed by atoms with Crippen molar-refractivity contribution in [2.75, 3.05) is 25.5 Å². The minimum atomic E-state index is -0.461. The third-order valence-corrected chi connectivity index (χ3v) is 4.36. The van der Waals surface area contributed by atoms with E-state index in [4.69, 9.17) is 9.68 Å². The zero-order valence-corrected chi connectivity index (χ0v) is 13.0. The third-order valence-electron chi connectivity index (χ3n) is 4.36. The zero-order valence-electron chi connectivity index (χ0n) is 13.0. The fourth-order valence-electron chi connectivity index (χ4n) is 3.19. The summed E-state index contributed by atoms with van der Waals surface area (Å²) in [5.74, 6) is -0.148. The zero-order chi connectivity index (χ0) is 15.9. The Balaban J connectivity index is 1.91. The molecule has 1 unspecified atom stereocenters. The maximum Gasteiger partial charge on any atom is 0.204 e. The Labute approximate surface area is 128 Å². The number of halogens is 1. The Kier molecular flexibility index (Phi) is 3.53. The summed E-state index contributed by atoms with van der Waals surface area (Å²) in [5.41, 5.74) is 0.312. The summed E-state index contributed by atoms with van der Waals surface area (Å²) in [6.45, 7) is 6.25. The van der Waals surface area contributed by atoms with Gasteiger partial charge in [0.05, 0.1) is 11.6 Å². The molecule has 116 valence electrons. The molecule has 0 saturated carbocycles. The van der Waals surface area contributed by atoms with Gasteiger partial charge in [-0.05, 0) is 25.4 Å². The molecule has 6 heteroatoms. The predicted molar refractivity (Wildman–Crippen MR) is 82.0 cm³/mol. The molecular formula is C16H19FN4O. The summed E-state index contributed by atoms with van der Waals surface area (Å²) < 4.78 is 19.8. The molecule has 2 aromatic rings. The van der Waals surface area contributed by atoms with E-state index in [1.54, 1.807) is 0 Å². The second-order valence-electron chi connectivity index (χ2n) is 6.63. The fraction of sp³-hybridized carbons (Fsp3) is 0.500. The highest BCUT2D eigenvalue weighted by atomic mass is 19.1. The maximum absolute atomic E-state index is 14.6. The van der Waals surface area contributed by atoms with Crippen LogP contribution >= 0.6 is 0 Å². The van der Waals surface area contributed by atoms with Gasteiger partial charge in [0.15, 0.2) is 17.2 Å². The van der Waals surface area contributed by atoms with Crippen LogP contribution in [-0.2, 0) is 0 Å². The molecule has 0 aliphatic carbocycles. The van der Waals surface area contributed by atoms with Crippen LogP contribution in [0.25, 0.3) is 11.0 Å². The molecule has 1 aliphatic heterocycles. The van der Waals surface area contributed by atoms with Gasteiger partial charge in [0, 0.05) is 18.7 Å². The van der Waals surface area contributed by atoms with Crippen molar-refractivity contribution >= 4 is 16.8 Å². The highest BCUT2D eigenvalue weighted by Crippen LogP contribution is 2.32. The maximum atomic E-state index is 14.6. The summed E-state index contributed by atoms with van der Waals surface area (Å²) in [6.07, 6.45) is 2.39. The molecule has 1 aliphatic rings. The monoisotopic (exact) mass is 302 g/mol. The van der Waals surface area contributed by atoms with Gasteiger partial charge in [-0.15, -0.1) is 0 Å². The number of pyridine rings is 1. The molecule has 0 amide bonds. The van der Waals surface area contributed by atoms with Crippen LogP contribution in [0.5, 0.6) is 0 Å². The average molecular weight is 302 g/mol. The summed E-state index contributed by atoms with van der Waals surface area (Å²) in [5, 5.41) is 12.4. The number of rotatable bonds is 2. The molecule has 3 heterocycles. The van der Waals surface area contributed by atoms with E-state index >= 15 is 0 Å². The van der Waals surface area contributed by atoms with Crippen molar-refractivity contribution in [1.82, 2.24) is 9.88 Å². The number of nitrogens with zero attached hydrogens (tertiary/aromatic N) is 3. The van der Waals surface area contributed by atoms with Gasteiger partial charge in [-0.2, -0.15) is 5.26 Å². The van der Waals surface area contributed by atoms with E-state index in [1.807, 2.05) is 6.07 Å².